The second kappa shape index (κ2) is 7.51. The van der Waals surface area contributed by atoms with E-state index in [1.54, 1.807) is 4.90 Å². The minimum atomic E-state index is -0.0806. The number of rotatable bonds is 4. The minimum Gasteiger partial charge on any atom is -0.353 e. The number of nitrogens with zero attached hydrogens (tertiary/aromatic N) is 1. The van der Waals surface area contributed by atoms with Gasteiger partial charge in [0.2, 0.25) is 11.8 Å². The standard InChI is InChI=1S/C21H24N2O2/c1-15-7-3-5-9-17(15)19(18-10-6-4-8-16(18)2)13-21(25)23-12-11-22-20(24)14-23/h3-10,19H,11-14H2,1-2H3,(H,22,24). The van der Waals surface area contributed by atoms with E-state index < -0.39 is 0 Å². The SMILES string of the molecule is Cc1ccccc1C(CC(=O)N1CCNC(=O)C1)c1ccccc1C. The van der Waals surface area contributed by atoms with Crippen molar-refractivity contribution in [2.45, 2.75) is 26.2 Å². The van der Waals surface area contributed by atoms with Gasteiger partial charge in [-0.15, -0.1) is 0 Å². The highest BCUT2D eigenvalue weighted by Crippen LogP contribution is 2.32. The Kier molecular flexibility index (Phi) is 5.17. The third-order valence-corrected chi connectivity index (χ3v) is 4.90. The van der Waals surface area contributed by atoms with Gasteiger partial charge in [0, 0.05) is 25.4 Å². The molecule has 0 aromatic heterocycles. The van der Waals surface area contributed by atoms with Crippen molar-refractivity contribution in [1.82, 2.24) is 10.2 Å². The summed E-state index contributed by atoms with van der Waals surface area (Å²) in [7, 11) is 0. The summed E-state index contributed by atoms with van der Waals surface area (Å²) in [4.78, 5) is 26.1. The maximum Gasteiger partial charge on any atom is 0.239 e. The highest BCUT2D eigenvalue weighted by Gasteiger charge is 2.26. The average Bonchev–Trinajstić information content (AvgIpc) is 2.61. The number of nitrogens with one attached hydrogen (secondary N) is 1. The van der Waals surface area contributed by atoms with E-state index in [2.05, 4.69) is 43.4 Å². The summed E-state index contributed by atoms with van der Waals surface area (Å²) in [6, 6.07) is 16.4. The first kappa shape index (κ1) is 17.2. The van der Waals surface area contributed by atoms with Crippen LogP contribution in [0.1, 0.15) is 34.6 Å². The lowest BCUT2D eigenvalue weighted by atomic mass is 9.83. The van der Waals surface area contributed by atoms with Crippen molar-refractivity contribution in [2.75, 3.05) is 19.6 Å². The summed E-state index contributed by atoms with van der Waals surface area (Å²) in [6.07, 6.45) is 0.378. The van der Waals surface area contributed by atoms with Gasteiger partial charge in [0.25, 0.3) is 0 Å². The lowest BCUT2D eigenvalue weighted by Crippen LogP contribution is -2.50. The molecule has 0 unspecified atom stereocenters. The molecule has 1 saturated heterocycles. The van der Waals surface area contributed by atoms with Gasteiger partial charge in [-0.25, -0.2) is 0 Å². The molecule has 130 valence electrons. The number of carbonyl (C=O) groups excluding carboxylic acids is 2. The van der Waals surface area contributed by atoms with E-state index >= 15 is 0 Å². The number of hydrogen-bond acceptors (Lipinski definition) is 2. The summed E-state index contributed by atoms with van der Waals surface area (Å²) < 4.78 is 0. The molecule has 0 spiro atoms. The maximum atomic E-state index is 12.9. The van der Waals surface area contributed by atoms with Crippen LogP contribution in [0, 0.1) is 13.8 Å². The quantitative estimate of drug-likeness (QED) is 0.933. The second-order valence-corrected chi connectivity index (χ2v) is 6.64. The molecule has 3 rings (SSSR count). The van der Waals surface area contributed by atoms with Crippen LogP contribution in [-0.4, -0.2) is 36.3 Å². The van der Waals surface area contributed by atoms with Crippen molar-refractivity contribution in [1.29, 1.82) is 0 Å². The Morgan fingerprint density at radius 3 is 2.12 bits per heavy atom. The molecule has 1 aliphatic rings. The van der Waals surface area contributed by atoms with Crippen LogP contribution in [0.3, 0.4) is 0 Å². The highest BCUT2D eigenvalue weighted by atomic mass is 16.2. The van der Waals surface area contributed by atoms with Crippen LogP contribution in [0.25, 0.3) is 0 Å². The number of amides is 2. The molecule has 1 N–H and O–H groups in total. The molecule has 1 fully saturated rings. The summed E-state index contributed by atoms with van der Waals surface area (Å²) in [5, 5.41) is 2.77. The third-order valence-electron chi connectivity index (χ3n) is 4.90. The van der Waals surface area contributed by atoms with Crippen molar-refractivity contribution in [3.63, 3.8) is 0 Å². The molecule has 0 bridgehead atoms. The predicted molar refractivity (Wildman–Crippen MR) is 98.4 cm³/mol. The number of aryl methyl sites for hydroxylation is 2. The molecule has 2 amide bonds. The molecule has 2 aromatic rings. The molecule has 0 atom stereocenters. The fourth-order valence-electron chi connectivity index (χ4n) is 3.50. The Bertz CT molecular complexity index is 739. The fourth-order valence-corrected chi connectivity index (χ4v) is 3.50. The topological polar surface area (TPSA) is 49.4 Å². The third kappa shape index (κ3) is 3.90. The fraction of sp³-hybridized carbons (Fsp3) is 0.333. The number of benzene rings is 2. The van der Waals surface area contributed by atoms with Gasteiger partial charge >= 0.3 is 0 Å². The molecular weight excluding hydrogens is 312 g/mol. The molecule has 4 nitrogen and oxygen atoms in total. The van der Waals surface area contributed by atoms with Crippen molar-refractivity contribution in [3.05, 3.63) is 70.8 Å². The highest BCUT2D eigenvalue weighted by molar-refractivity contribution is 5.86. The first-order valence-electron chi connectivity index (χ1n) is 8.72. The zero-order chi connectivity index (χ0) is 17.8. The number of carbonyl (C=O) groups is 2. The van der Waals surface area contributed by atoms with Gasteiger partial charge in [0.05, 0.1) is 6.54 Å². The Balaban J connectivity index is 1.92. The van der Waals surface area contributed by atoms with Gasteiger partial charge < -0.3 is 10.2 Å². The molecule has 0 radical (unpaired) electrons. The van der Waals surface area contributed by atoms with Crippen molar-refractivity contribution < 1.29 is 9.59 Å². The monoisotopic (exact) mass is 336 g/mol. The summed E-state index contributed by atoms with van der Waals surface area (Å²) in [5.74, 6) is -0.0471. The Morgan fingerprint density at radius 1 is 1.04 bits per heavy atom. The first-order chi connectivity index (χ1) is 12.1. The van der Waals surface area contributed by atoms with E-state index in [0.717, 1.165) is 0 Å². The molecule has 25 heavy (non-hydrogen) atoms. The van der Waals surface area contributed by atoms with E-state index in [1.807, 2.05) is 24.3 Å². The van der Waals surface area contributed by atoms with Crippen LogP contribution in [0.4, 0.5) is 0 Å². The van der Waals surface area contributed by atoms with Crippen LogP contribution >= 0.6 is 0 Å². The number of hydrogen-bond donors (Lipinski definition) is 1. The zero-order valence-electron chi connectivity index (χ0n) is 14.8. The first-order valence-corrected chi connectivity index (χ1v) is 8.72. The van der Waals surface area contributed by atoms with Crippen LogP contribution < -0.4 is 5.32 Å². The van der Waals surface area contributed by atoms with Crippen molar-refractivity contribution in [3.8, 4) is 0 Å². The molecular formula is C21H24N2O2. The zero-order valence-corrected chi connectivity index (χ0v) is 14.8. The predicted octanol–water partition coefficient (Wildman–Crippen LogP) is 2.78. The van der Waals surface area contributed by atoms with Gasteiger partial charge in [-0.2, -0.15) is 0 Å². The van der Waals surface area contributed by atoms with Crippen LogP contribution in [0.2, 0.25) is 0 Å². The van der Waals surface area contributed by atoms with Gasteiger partial charge in [-0.3, -0.25) is 9.59 Å². The van der Waals surface area contributed by atoms with E-state index in [-0.39, 0.29) is 24.3 Å². The molecule has 1 heterocycles. The summed E-state index contributed by atoms with van der Waals surface area (Å²) in [5.41, 5.74) is 4.71. The van der Waals surface area contributed by atoms with Crippen LogP contribution in [0.5, 0.6) is 0 Å². The van der Waals surface area contributed by atoms with E-state index in [4.69, 9.17) is 0 Å². The summed E-state index contributed by atoms with van der Waals surface area (Å²) in [6.45, 7) is 5.44. The van der Waals surface area contributed by atoms with Gasteiger partial charge in [-0.1, -0.05) is 48.5 Å². The van der Waals surface area contributed by atoms with Gasteiger partial charge in [0.15, 0.2) is 0 Å². The van der Waals surface area contributed by atoms with Gasteiger partial charge in [-0.05, 0) is 36.1 Å². The minimum absolute atomic E-state index is 0.000104. The van der Waals surface area contributed by atoms with Crippen LogP contribution in [-0.2, 0) is 9.59 Å². The Morgan fingerprint density at radius 2 is 1.60 bits per heavy atom. The smallest absolute Gasteiger partial charge is 0.239 e. The van der Waals surface area contributed by atoms with Gasteiger partial charge in [0.1, 0.15) is 0 Å². The Hall–Kier alpha value is -2.62. The average molecular weight is 336 g/mol. The summed E-state index contributed by atoms with van der Waals surface area (Å²) >= 11 is 0. The molecule has 2 aromatic carbocycles. The van der Waals surface area contributed by atoms with Crippen molar-refractivity contribution >= 4 is 11.8 Å². The molecule has 1 aliphatic heterocycles. The Labute approximate surface area is 148 Å². The van der Waals surface area contributed by atoms with E-state index in [0.29, 0.717) is 19.5 Å². The second-order valence-electron chi connectivity index (χ2n) is 6.64. The lowest BCUT2D eigenvalue weighted by molar-refractivity contribution is -0.138. The normalized spacial score (nSPS) is 14.5. The number of piperazine rings is 1. The molecule has 0 aliphatic carbocycles. The van der Waals surface area contributed by atoms with Crippen LogP contribution in [0.15, 0.2) is 48.5 Å². The van der Waals surface area contributed by atoms with E-state index in [9.17, 15) is 9.59 Å². The molecule has 4 heteroatoms. The maximum absolute atomic E-state index is 12.9. The molecule has 0 saturated carbocycles. The van der Waals surface area contributed by atoms with Crippen molar-refractivity contribution in [2.24, 2.45) is 0 Å². The lowest BCUT2D eigenvalue weighted by Gasteiger charge is -2.29. The largest absolute Gasteiger partial charge is 0.353 e. The van der Waals surface area contributed by atoms with E-state index in [1.165, 1.54) is 22.3 Å².